The van der Waals surface area contributed by atoms with E-state index in [1.807, 2.05) is 13.0 Å². The van der Waals surface area contributed by atoms with Gasteiger partial charge < -0.3 is 15.2 Å². The Bertz CT molecular complexity index is 587. The van der Waals surface area contributed by atoms with Crippen LogP contribution >= 0.6 is 0 Å². The lowest BCUT2D eigenvalue weighted by Gasteiger charge is -2.55. The van der Waals surface area contributed by atoms with Gasteiger partial charge in [0.15, 0.2) is 0 Å². The number of hydrogen-bond acceptors (Lipinski definition) is 5. The second-order valence-corrected chi connectivity index (χ2v) is 7.70. The number of piperidine rings is 3. The van der Waals surface area contributed by atoms with E-state index in [0.717, 1.165) is 24.7 Å². The predicted molar refractivity (Wildman–Crippen MR) is 90.6 cm³/mol. The van der Waals surface area contributed by atoms with E-state index in [0.29, 0.717) is 23.8 Å². The lowest BCUT2D eigenvalue weighted by atomic mass is 9.73. The van der Waals surface area contributed by atoms with E-state index in [-0.39, 0.29) is 12.3 Å². The van der Waals surface area contributed by atoms with Crippen molar-refractivity contribution in [2.45, 2.75) is 51.1 Å². The first-order valence-electron chi connectivity index (χ1n) is 9.36. The van der Waals surface area contributed by atoms with Gasteiger partial charge in [-0.2, -0.15) is 0 Å². The molecule has 0 saturated carbocycles. The Morgan fingerprint density at radius 1 is 1.42 bits per heavy atom. The Kier molecular flexibility index (Phi) is 4.59. The SMILES string of the molecule is Cc1cc(CC(=O)NC[C@H]2[C@@H]3CNC[C@@H](C3)[C@@H]3CCCCN32)on1. The zero-order valence-corrected chi connectivity index (χ0v) is 14.5. The van der Waals surface area contributed by atoms with Crippen molar-refractivity contribution in [2.24, 2.45) is 11.8 Å². The summed E-state index contributed by atoms with van der Waals surface area (Å²) in [6.45, 7) is 6.07. The number of amides is 1. The first kappa shape index (κ1) is 16.1. The van der Waals surface area contributed by atoms with E-state index in [4.69, 9.17) is 4.52 Å². The Balaban J connectivity index is 1.37. The fourth-order valence-corrected chi connectivity index (χ4v) is 4.99. The lowest BCUT2D eigenvalue weighted by Crippen LogP contribution is -2.65. The summed E-state index contributed by atoms with van der Waals surface area (Å²) in [4.78, 5) is 15.0. The summed E-state index contributed by atoms with van der Waals surface area (Å²) in [6, 6.07) is 3.01. The van der Waals surface area contributed by atoms with Crippen LogP contribution in [-0.4, -0.2) is 54.2 Å². The Morgan fingerprint density at radius 3 is 3.12 bits per heavy atom. The fourth-order valence-electron chi connectivity index (χ4n) is 4.99. The van der Waals surface area contributed by atoms with Crippen LogP contribution in [0.3, 0.4) is 0 Å². The minimum Gasteiger partial charge on any atom is -0.361 e. The molecule has 0 aromatic carbocycles. The number of aryl methyl sites for hydroxylation is 1. The number of carbonyl (C=O) groups excluding carboxylic acids is 1. The van der Waals surface area contributed by atoms with E-state index in [1.165, 1.54) is 38.8 Å². The minimum absolute atomic E-state index is 0.0330. The maximum atomic E-state index is 12.3. The summed E-state index contributed by atoms with van der Waals surface area (Å²) < 4.78 is 5.15. The van der Waals surface area contributed by atoms with Crippen LogP contribution in [-0.2, 0) is 11.2 Å². The molecule has 2 bridgehead atoms. The highest BCUT2D eigenvalue weighted by Gasteiger charge is 2.45. The number of nitrogens with one attached hydrogen (secondary N) is 2. The van der Waals surface area contributed by atoms with Crippen molar-refractivity contribution in [1.82, 2.24) is 20.7 Å². The molecule has 0 spiro atoms. The number of hydrogen-bond donors (Lipinski definition) is 2. The smallest absolute Gasteiger partial charge is 0.227 e. The second kappa shape index (κ2) is 6.84. The Morgan fingerprint density at radius 2 is 2.29 bits per heavy atom. The average molecular weight is 332 g/mol. The molecule has 4 rings (SSSR count). The molecular formula is C18H28N4O2. The third kappa shape index (κ3) is 3.22. The summed E-state index contributed by atoms with van der Waals surface area (Å²) in [5, 5.41) is 10.6. The summed E-state index contributed by atoms with van der Waals surface area (Å²) >= 11 is 0. The zero-order valence-electron chi connectivity index (χ0n) is 14.5. The van der Waals surface area contributed by atoms with Gasteiger partial charge in [-0.25, -0.2) is 0 Å². The van der Waals surface area contributed by atoms with Crippen LogP contribution in [0.15, 0.2) is 10.6 Å². The van der Waals surface area contributed by atoms with Crippen molar-refractivity contribution in [3.8, 4) is 0 Å². The van der Waals surface area contributed by atoms with Gasteiger partial charge in [-0.1, -0.05) is 11.6 Å². The molecule has 1 aromatic heterocycles. The Hall–Kier alpha value is -1.40. The Labute approximate surface area is 143 Å². The molecule has 1 amide bonds. The highest BCUT2D eigenvalue weighted by molar-refractivity contribution is 5.77. The second-order valence-electron chi connectivity index (χ2n) is 7.70. The summed E-state index contributed by atoms with van der Waals surface area (Å²) in [5.74, 6) is 2.13. The summed E-state index contributed by atoms with van der Waals surface area (Å²) in [7, 11) is 0. The summed E-state index contributed by atoms with van der Waals surface area (Å²) in [6.07, 6.45) is 5.57. The first-order chi connectivity index (χ1) is 11.7. The molecule has 0 aliphatic carbocycles. The van der Waals surface area contributed by atoms with E-state index < -0.39 is 0 Å². The van der Waals surface area contributed by atoms with Crippen LogP contribution in [0, 0.1) is 18.8 Å². The number of aromatic nitrogens is 1. The molecular weight excluding hydrogens is 304 g/mol. The molecule has 3 saturated heterocycles. The van der Waals surface area contributed by atoms with Crippen molar-refractivity contribution in [2.75, 3.05) is 26.2 Å². The quantitative estimate of drug-likeness (QED) is 0.864. The summed E-state index contributed by atoms with van der Waals surface area (Å²) in [5.41, 5.74) is 0.820. The van der Waals surface area contributed by atoms with Crippen LogP contribution in [0.2, 0.25) is 0 Å². The minimum atomic E-state index is 0.0330. The highest BCUT2D eigenvalue weighted by atomic mass is 16.5. The van der Waals surface area contributed by atoms with Crippen molar-refractivity contribution in [3.05, 3.63) is 17.5 Å². The monoisotopic (exact) mass is 332 g/mol. The van der Waals surface area contributed by atoms with Gasteiger partial charge in [-0.15, -0.1) is 0 Å². The van der Waals surface area contributed by atoms with E-state index in [9.17, 15) is 4.79 Å². The molecule has 24 heavy (non-hydrogen) atoms. The van der Waals surface area contributed by atoms with Crippen LogP contribution in [0.4, 0.5) is 0 Å². The molecule has 6 nitrogen and oxygen atoms in total. The van der Waals surface area contributed by atoms with E-state index in [2.05, 4.69) is 20.7 Å². The molecule has 2 N–H and O–H groups in total. The van der Waals surface area contributed by atoms with Gasteiger partial charge in [0, 0.05) is 24.7 Å². The molecule has 0 radical (unpaired) electrons. The third-order valence-corrected chi connectivity index (χ3v) is 6.04. The van der Waals surface area contributed by atoms with Gasteiger partial charge in [0.05, 0.1) is 12.1 Å². The molecule has 4 heterocycles. The van der Waals surface area contributed by atoms with E-state index in [1.54, 1.807) is 0 Å². The average Bonchev–Trinajstić information content (AvgIpc) is 3.00. The zero-order chi connectivity index (χ0) is 16.5. The molecule has 3 aliphatic rings. The van der Waals surface area contributed by atoms with Crippen LogP contribution in [0.1, 0.15) is 37.1 Å². The third-order valence-electron chi connectivity index (χ3n) is 6.04. The van der Waals surface area contributed by atoms with Gasteiger partial charge in [-0.05, 0) is 57.7 Å². The molecule has 1 aromatic rings. The molecule has 3 fully saturated rings. The number of carbonyl (C=O) groups is 1. The maximum Gasteiger partial charge on any atom is 0.227 e. The number of rotatable bonds is 4. The molecule has 132 valence electrons. The van der Waals surface area contributed by atoms with Gasteiger partial charge in [-0.3, -0.25) is 9.69 Å². The standard InChI is InChI=1S/C18H28N4O2/c1-12-6-15(24-21-12)8-18(23)20-11-17-14-7-13(9-19-10-14)16-4-2-3-5-22(16)17/h6,13-14,16-17,19H,2-5,7-11H2,1H3,(H,20,23)/t13-,14+,16+,17+/m1/s1. The highest BCUT2D eigenvalue weighted by Crippen LogP contribution is 2.38. The van der Waals surface area contributed by atoms with Crippen molar-refractivity contribution in [3.63, 3.8) is 0 Å². The van der Waals surface area contributed by atoms with Crippen molar-refractivity contribution >= 4 is 5.91 Å². The maximum absolute atomic E-state index is 12.3. The number of fused-ring (bicyclic) bond motifs is 4. The van der Waals surface area contributed by atoms with Crippen LogP contribution in [0.25, 0.3) is 0 Å². The van der Waals surface area contributed by atoms with Gasteiger partial charge in [0.25, 0.3) is 0 Å². The topological polar surface area (TPSA) is 70.4 Å². The number of nitrogens with zero attached hydrogens (tertiary/aromatic N) is 2. The molecule has 3 aliphatic heterocycles. The van der Waals surface area contributed by atoms with Gasteiger partial charge >= 0.3 is 0 Å². The largest absolute Gasteiger partial charge is 0.361 e. The van der Waals surface area contributed by atoms with E-state index >= 15 is 0 Å². The van der Waals surface area contributed by atoms with Crippen molar-refractivity contribution in [1.29, 1.82) is 0 Å². The molecule has 4 atom stereocenters. The van der Waals surface area contributed by atoms with Gasteiger partial charge in [0.2, 0.25) is 5.91 Å². The molecule has 6 heteroatoms. The van der Waals surface area contributed by atoms with Crippen LogP contribution < -0.4 is 10.6 Å². The predicted octanol–water partition coefficient (Wildman–Crippen LogP) is 1.10. The van der Waals surface area contributed by atoms with Crippen LogP contribution in [0.5, 0.6) is 0 Å². The van der Waals surface area contributed by atoms with Gasteiger partial charge in [0.1, 0.15) is 5.76 Å². The normalized spacial score (nSPS) is 33.0. The fraction of sp³-hybridized carbons (Fsp3) is 0.778. The lowest BCUT2D eigenvalue weighted by molar-refractivity contribution is -0.121. The first-order valence-corrected chi connectivity index (χ1v) is 9.36. The molecule has 0 unspecified atom stereocenters. The van der Waals surface area contributed by atoms with Crippen molar-refractivity contribution < 1.29 is 9.32 Å².